The third kappa shape index (κ3) is 5.09. The number of rotatable bonds is 8. The quantitative estimate of drug-likeness (QED) is 0.558. The number of nitrogens with zero attached hydrogens (tertiary/aromatic N) is 1. The Morgan fingerprint density at radius 2 is 2.08 bits per heavy atom. The Morgan fingerprint density at radius 3 is 2.73 bits per heavy atom. The van der Waals surface area contributed by atoms with Crippen LogP contribution in [0.2, 0.25) is 0 Å². The molecule has 4 heteroatoms. The molecule has 1 aromatic carbocycles. The molecule has 0 aromatic heterocycles. The minimum absolute atomic E-state index is 0.108. The normalized spacial score (nSPS) is 31.6. The molecule has 0 radical (unpaired) electrons. The molecule has 0 spiro atoms. The summed E-state index contributed by atoms with van der Waals surface area (Å²) in [5, 5.41) is 4.82. The Hall–Kier alpha value is -1.83. The molecule has 1 unspecified atom stereocenters. The molecule has 1 aliphatic carbocycles. The first-order valence-electron chi connectivity index (χ1n) is 17.8. The third-order valence-corrected chi connectivity index (χ3v) is 4.00. The van der Waals surface area contributed by atoms with Crippen LogP contribution in [-0.4, -0.2) is 43.5 Å². The van der Waals surface area contributed by atoms with E-state index in [1.807, 2.05) is 0 Å². The molecule has 0 heterocycles. The summed E-state index contributed by atoms with van der Waals surface area (Å²) in [5.41, 5.74) is -3.65. The van der Waals surface area contributed by atoms with Gasteiger partial charge in [0.1, 0.15) is 0 Å². The Labute approximate surface area is 185 Å². The van der Waals surface area contributed by atoms with Crippen molar-refractivity contribution in [3.8, 4) is 11.8 Å². The maximum absolute atomic E-state index is 13.8. The van der Waals surface area contributed by atoms with Crippen molar-refractivity contribution in [3.05, 3.63) is 35.8 Å². The van der Waals surface area contributed by atoms with E-state index in [4.69, 9.17) is 37.3 Å². The summed E-state index contributed by atoms with van der Waals surface area (Å²) in [6.45, 7) is -23.4. The van der Waals surface area contributed by atoms with Crippen LogP contribution < -0.4 is 0 Å². The van der Waals surface area contributed by atoms with Crippen molar-refractivity contribution < 1.29 is 40.7 Å². The van der Waals surface area contributed by atoms with Crippen LogP contribution in [0.1, 0.15) is 77.4 Å². The van der Waals surface area contributed by atoms with Gasteiger partial charge in [0, 0.05) is 19.6 Å². The first kappa shape index (κ1) is 6.36. The van der Waals surface area contributed by atoms with Gasteiger partial charge in [-0.25, -0.2) is 4.79 Å². The average molecular weight is 378 g/mol. The number of ether oxygens (including phenoxy) is 1. The van der Waals surface area contributed by atoms with Gasteiger partial charge in [-0.2, -0.15) is 0 Å². The lowest BCUT2D eigenvalue weighted by molar-refractivity contribution is -0.174. The van der Waals surface area contributed by atoms with E-state index in [9.17, 15) is 4.79 Å². The van der Waals surface area contributed by atoms with Crippen LogP contribution in [0.25, 0.3) is 0 Å². The molecule has 1 atom stereocenters. The van der Waals surface area contributed by atoms with E-state index in [1.54, 1.807) is 0 Å². The van der Waals surface area contributed by atoms with Gasteiger partial charge < -0.3 is 9.85 Å². The highest BCUT2D eigenvalue weighted by Crippen LogP contribution is 2.40. The SMILES string of the molecule is [2H]OC(C(=O)OC([2H])([2H])C#CC([2H])([2H])N(C([2H])([2H])C([2H])([2H])[2H])C([2H])([2H])C([2H])([2H])[2H])(c1c([2H])c([2H])c([2H])c([2H])c1[2H])C1CCCCC1. The second-order valence-electron chi connectivity index (χ2n) is 5.48. The molecule has 1 saturated carbocycles. The summed E-state index contributed by atoms with van der Waals surface area (Å²) in [6.07, 6.45) is 1.78. The fourth-order valence-electron chi connectivity index (χ4n) is 2.76. The molecular formula is C22H31NO3. The van der Waals surface area contributed by atoms with Gasteiger partial charge in [0.2, 0.25) is 1.43 Å². The minimum atomic E-state index is -4.05. The van der Waals surface area contributed by atoms with Crippen LogP contribution >= 0.6 is 0 Å². The van der Waals surface area contributed by atoms with Crippen molar-refractivity contribution in [2.45, 2.75) is 51.4 Å². The molecule has 4 nitrogen and oxygen atoms in total. The molecule has 2 rings (SSSR count). The summed E-state index contributed by atoms with van der Waals surface area (Å²) in [4.78, 5) is 12.9. The molecule has 0 bridgehead atoms. The first-order valence-corrected chi connectivity index (χ1v) is 7.84. The highest BCUT2D eigenvalue weighted by Gasteiger charge is 2.46. The topological polar surface area (TPSA) is 49.8 Å². The summed E-state index contributed by atoms with van der Waals surface area (Å²) >= 11 is 0. The lowest BCUT2D eigenvalue weighted by Crippen LogP contribution is -2.45. The van der Waals surface area contributed by atoms with Crippen LogP contribution in [0, 0.1) is 17.8 Å². The second-order valence-corrected chi connectivity index (χ2v) is 5.48. The van der Waals surface area contributed by atoms with Crippen LogP contribution in [0.3, 0.4) is 0 Å². The highest BCUT2D eigenvalue weighted by atomic mass is 16.5. The predicted octanol–water partition coefficient (Wildman–Crippen LogP) is 3.34. The number of carbonyl (C=O) groups is 1. The van der Waals surface area contributed by atoms with Gasteiger partial charge in [-0.05, 0) is 31.4 Å². The maximum Gasteiger partial charge on any atom is 0.344 e. The molecule has 1 N–H and O–H groups in total. The van der Waals surface area contributed by atoms with Gasteiger partial charge >= 0.3 is 5.97 Å². The lowest BCUT2D eigenvalue weighted by Gasteiger charge is -2.36. The Kier molecular flexibility index (Phi) is 2.53. The van der Waals surface area contributed by atoms with E-state index < -0.39 is 97.9 Å². The molecule has 1 aromatic rings. The van der Waals surface area contributed by atoms with E-state index in [-0.39, 0.29) is 12.8 Å². The van der Waals surface area contributed by atoms with Crippen LogP contribution in [0.15, 0.2) is 30.2 Å². The van der Waals surface area contributed by atoms with Crippen molar-refractivity contribution in [2.24, 2.45) is 5.92 Å². The van der Waals surface area contributed by atoms with Crippen molar-refractivity contribution in [3.63, 3.8) is 0 Å². The first-order chi connectivity index (χ1) is 20.5. The van der Waals surface area contributed by atoms with Gasteiger partial charge in [0.25, 0.3) is 0 Å². The van der Waals surface area contributed by atoms with Gasteiger partial charge in [-0.3, -0.25) is 4.90 Å². The number of hydrogen-bond acceptors (Lipinski definition) is 4. The third-order valence-electron chi connectivity index (χ3n) is 4.00. The summed E-state index contributed by atoms with van der Waals surface area (Å²) in [7, 11) is 0. The largest absolute Gasteiger partial charge is 0.450 e. The Bertz CT molecular complexity index is 1320. The van der Waals surface area contributed by atoms with Crippen molar-refractivity contribution in [1.82, 2.24) is 4.90 Å². The standard InChI is InChI=1S/C22H31NO3/c1-3-23(4-2)17-11-12-18-26-21(24)22(25,19-13-7-5-8-14-19)20-15-9-6-10-16-20/h5,7-8,13-14,20,25H,3-4,6,9-10,15-18H2,1-2H3/i1D3,2D3,3D2,4D2,5D,7D,8D,13D,14D,17D2,18D2,25D. The zero-order valence-corrected chi connectivity index (χ0v) is 13.8. The number of carbonyl (C=O) groups excluding carboxylic acids is 1. The summed E-state index contributed by atoms with van der Waals surface area (Å²) in [6, 6.07) is -4.53. The Morgan fingerprint density at radius 1 is 1.35 bits per heavy atom. The number of aliphatic hydroxyl groups is 1. The number of benzene rings is 1. The fraction of sp³-hybridized carbons (Fsp3) is 0.591. The summed E-state index contributed by atoms with van der Waals surface area (Å²) < 4.78 is 162. The van der Waals surface area contributed by atoms with Gasteiger partial charge in [0.05, 0.1) is 18.8 Å². The average Bonchev–Trinajstić information content (AvgIpc) is 2.90. The monoisotopic (exact) mass is 377 g/mol. The fourth-order valence-corrected chi connectivity index (χ4v) is 2.76. The molecular weight excluding hydrogens is 326 g/mol. The van der Waals surface area contributed by atoms with Crippen molar-refractivity contribution >= 4 is 5.97 Å². The van der Waals surface area contributed by atoms with Crippen molar-refractivity contribution in [2.75, 3.05) is 26.0 Å². The van der Waals surface area contributed by atoms with Gasteiger partial charge in [-0.15, -0.1) is 0 Å². The molecule has 26 heavy (non-hydrogen) atoms. The smallest absolute Gasteiger partial charge is 0.344 e. The number of esters is 1. The molecule has 0 saturated heterocycles. The Balaban J connectivity index is 2.75. The van der Waals surface area contributed by atoms with Gasteiger partial charge in [-0.1, -0.05) is 75.0 Å². The molecule has 142 valence electrons. The van der Waals surface area contributed by atoms with E-state index in [0.29, 0.717) is 19.3 Å². The maximum atomic E-state index is 13.8. The molecule has 0 amide bonds. The van der Waals surface area contributed by atoms with Crippen LogP contribution in [-0.2, 0) is 15.1 Å². The van der Waals surface area contributed by atoms with Crippen LogP contribution in [0.5, 0.6) is 0 Å². The minimum Gasteiger partial charge on any atom is -0.450 e. The molecule has 0 aliphatic heterocycles. The van der Waals surface area contributed by atoms with E-state index in [2.05, 4.69) is 0 Å². The van der Waals surface area contributed by atoms with E-state index in [0.717, 1.165) is 0 Å². The summed E-state index contributed by atoms with van der Waals surface area (Å²) in [5.74, 6) is 0.0167. The lowest BCUT2D eigenvalue weighted by atomic mass is 9.73. The predicted molar refractivity (Wildman–Crippen MR) is 103 cm³/mol. The zero-order chi connectivity index (χ0) is 36.1. The van der Waals surface area contributed by atoms with E-state index >= 15 is 0 Å². The second kappa shape index (κ2) is 10.4. The van der Waals surface area contributed by atoms with Crippen molar-refractivity contribution in [1.29, 1.82) is 1.43 Å². The molecule has 1 aliphatic rings. The zero-order valence-electron chi connectivity index (χ0n) is 33.8. The molecule has 1 fully saturated rings. The van der Waals surface area contributed by atoms with Crippen LogP contribution in [0.4, 0.5) is 0 Å². The van der Waals surface area contributed by atoms with Gasteiger partial charge in [0.15, 0.2) is 12.2 Å². The highest BCUT2D eigenvalue weighted by molar-refractivity contribution is 5.81. The number of hydrogen-bond donors (Lipinski definition) is 1. The van der Waals surface area contributed by atoms with E-state index in [1.165, 1.54) is 11.8 Å².